The third-order valence-electron chi connectivity index (χ3n) is 7.03. The second kappa shape index (κ2) is 13.9. The standard InChI is InChI=1S/C30H37N9O5/c1-20-8-13-38(25(40)6-10-31)18-21(20)17-37(5)26-23-9-14-39(27(23)35-19-34-26)28(41)36-22-7-11-32-24(16-22)43-15-12-33-29(42)44-30(2,3)4/h7,9,11,14,16-17,19-21H,6,8,12-13,15,18H2,1-5H3,(H-,32,33,36,41,42)/p+1/b37-17-/t20-,21?/m1/s1. The minimum Gasteiger partial charge on any atom is -0.476 e. The lowest BCUT2D eigenvalue weighted by molar-refractivity contribution is -0.405. The zero-order chi connectivity index (χ0) is 31.9. The predicted molar refractivity (Wildman–Crippen MR) is 162 cm³/mol. The Bertz CT molecular complexity index is 1590. The van der Waals surface area contributed by atoms with E-state index in [0.29, 0.717) is 41.5 Å². The number of fused-ring (bicyclic) bond motifs is 1. The SMILES string of the molecule is C[C@@H]1CCN(C(=O)CC#N)CC1/C=[N+](/C)c1ncnc2c1ccn2C(=O)Nc1ccnc(OCCNC(=O)OC(C)(C)C)c1. The summed E-state index contributed by atoms with van der Waals surface area (Å²) in [7, 11) is 1.88. The number of nitrogens with zero attached hydrogens (tertiary/aromatic N) is 7. The van der Waals surface area contributed by atoms with Crippen LogP contribution < -0.4 is 15.4 Å². The average Bonchev–Trinajstić information content (AvgIpc) is 3.40. The lowest BCUT2D eigenvalue weighted by atomic mass is 9.87. The van der Waals surface area contributed by atoms with Crippen molar-refractivity contribution >= 4 is 46.8 Å². The number of hydrogen-bond donors (Lipinski definition) is 2. The monoisotopic (exact) mass is 604 g/mol. The van der Waals surface area contributed by atoms with Crippen molar-refractivity contribution in [3.05, 3.63) is 36.9 Å². The van der Waals surface area contributed by atoms with Gasteiger partial charge in [0.15, 0.2) is 5.65 Å². The Balaban J connectivity index is 1.42. The molecule has 1 saturated heterocycles. The number of nitrogens with one attached hydrogen (secondary N) is 2. The van der Waals surface area contributed by atoms with Crippen LogP contribution in [0.25, 0.3) is 11.0 Å². The molecule has 0 aromatic carbocycles. The molecule has 14 nitrogen and oxygen atoms in total. The second-order valence-corrected chi connectivity index (χ2v) is 11.6. The summed E-state index contributed by atoms with van der Waals surface area (Å²) in [5.41, 5.74) is 0.294. The van der Waals surface area contributed by atoms with Gasteiger partial charge >= 0.3 is 17.9 Å². The summed E-state index contributed by atoms with van der Waals surface area (Å²) in [6.07, 6.45) is 6.75. The molecule has 1 aliphatic heterocycles. The molecular weight excluding hydrogens is 566 g/mol. The van der Waals surface area contributed by atoms with Crippen molar-refractivity contribution in [2.24, 2.45) is 11.8 Å². The first-order chi connectivity index (χ1) is 20.9. The van der Waals surface area contributed by atoms with Crippen molar-refractivity contribution < 1.29 is 28.4 Å². The highest BCUT2D eigenvalue weighted by molar-refractivity contribution is 5.99. The summed E-state index contributed by atoms with van der Waals surface area (Å²) in [6.45, 7) is 9.03. The lowest BCUT2D eigenvalue weighted by Gasteiger charge is -2.34. The predicted octanol–water partition coefficient (Wildman–Crippen LogP) is 3.55. The molecule has 0 saturated carbocycles. The molecule has 0 aliphatic carbocycles. The molecule has 1 unspecified atom stereocenters. The average molecular weight is 605 g/mol. The van der Waals surface area contributed by atoms with E-state index in [4.69, 9.17) is 14.7 Å². The number of piperidine rings is 1. The first kappa shape index (κ1) is 31.9. The molecule has 3 amide bonds. The normalized spacial score (nSPS) is 17.1. The van der Waals surface area contributed by atoms with E-state index in [1.807, 2.05) is 23.9 Å². The fourth-order valence-electron chi connectivity index (χ4n) is 4.81. The molecule has 0 radical (unpaired) electrons. The summed E-state index contributed by atoms with van der Waals surface area (Å²) in [6, 6.07) is 6.49. The Kier molecular flexibility index (Phi) is 10.1. The van der Waals surface area contributed by atoms with Crippen molar-refractivity contribution in [2.75, 3.05) is 38.6 Å². The number of likely N-dealkylation sites (tertiary alicyclic amines) is 1. The van der Waals surface area contributed by atoms with Crippen molar-refractivity contribution in [3.8, 4) is 11.9 Å². The van der Waals surface area contributed by atoms with Gasteiger partial charge in [0.2, 0.25) is 18.1 Å². The van der Waals surface area contributed by atoms with Crippen molar-refractivity contribution in [1.29, 1.82) is 5.26 Å². The van der Waals surface area contributed by atoms with Crippen LogP contribution in [0.5, 0.6) is 5.88 Å². The minimum atomic E-state index is -0.593. The molecule has 232 valence electrons. The maximum Gasteiger partial charge on any atom is 0.407 e. The van der Waals surface area contributed by atoms with E-state index < -0.39 is 17.7 Å². The maximum atomic E-state index is 13.2. The van der Waals surface area contributed by atoms with Crippen LogP contribution in [0.2, 0.25) is 0 Å². The number of nitriles is 1. The molecule has 14 heteroatoms. The minimum absolute atomic E-state index is 0.0722. The Morgan fingerprint density at radius 2 is 2.02 bits per heavy atom. The Hall–Kier alpha value is -5.06. The number of ether oxygens (including phenoxy) is 2. The zero-order valence-electron chi connectivity index (χ0n) is 25.6. The van der Waals surface area contributed by atoms with Gasteiger partial charge in [-0.2, -0.15) is 10.2 Å². The van der Waals surface area contributed by atoms with Gasteiger partial charge in [0.1, 0.15) is 24.0 Å². The van der Waals surface area contributed by atoms with Gasteiger partial charge in [0.25, 0.3) is 0 Å². The summed E-state index contributed by atoms with van der Waals surface area (Å²) in [5.74, 6) is 1.15. The second-order valence-electron chi connectivity index (χ2n) is 11.6. The molecule has 0 spiro atoms. The highest BCUT2D eigenvalue weighted by Crippen LogP contribution is 2.26. The number of pyridine rings is 1. The molecule has 1 fully saturated rings. The number of carbonyl (C=O) groups is 3. The first-order valence-corrected chi connectivity index (χ1v) is 14.4. The largest absolute Gasteiger partial charge is 0.476 e. The molecule has 2 N–H and O–H groups in total. The third-order valence-corrected chi connectivity index (χ3v) is 7.03. The van der Waals surface area contributed by atoms with E-state index in [1.54, 1.807) is 50.1 Å². The number of alkyl carbamates (subject to hydrolysis) is 1. The van der Waals surface area contributed by atoms with E-state index >= 15 is 0 Å². The topological polar surface area (TPSA) is 167 Å². The number of aromatic nitrogens is 4. The molecule has 0 bridgehead atoms. The van der Waals surface area contributed by atoms with Crippen LogP contribution >= 0.6 is 0 Å². The summed E-state index contributed by atoms with van der Waals surface area (Å²) in [4.78, 5) is 52.0. The molecule has 3 aromatic rings. The van der Waals surface area contributed by atoms with Gasteiger partial charge in [-0.25, -0.2) is 19.1 Å². The lowest BCUT2D eigenvalue weighted by Crippen LogP contribution is -2.44. The van der Waals surface area contributed by atoms with Gasteiger partial charge < -0.3 is 25.0 Å². The number of carbonyl (C=O) groups excluding carboxylic acids is 3. The molecule has 44 heavy (non-hydrogen) atoms. The van der Waals surface area contributed by atoms with Crippen LogP contribution in [0, 0.1) is 23.2 Å². The summed E-state index contributed by atoms with van der Waals surface area (Å²) >= 11 is 0. The molecule has 4 rings (SSSR count). The van der Waals surface area contributed by atoms with Crippen LogP contribution in [0.4, 0.5) is 21.1 Å². The quantitative estimate of drug-likeness (QED) is 0.222. The number of anilines is 1. The van der Waals surface area contributed by atoms with Gasteiger partial charge in [-0.05, 0) is 50.2 Å². The zero-order valence-corrected chi connectivity index (χ0v) is 25.6. The number of amides is 3. The van der Waals surface area contributed by atoms with Crippen molar-refractivity contribution in [2.45, 2.75) is 46.1 Å². The van der Waals surface area contributed by atoms with Crippen LogP contribution in [0.3, 0.4) is 0 Å². The van der Waals surface area contributed by atoms with Crippen LogP contribution in [0.15, 0.2) is 36.9 Å². The van der Waals surface area contributed by atoms with Crippen molar-refractivity contribution in [1.82, 2.24) is 29.7 Å². The molecule has 1 aliphatic rings. The smallest absolute Gasteiger partial charge is 0.407 e. The first-order valence-electron chi connectivity index (χ1n) is 14.4. The summed E-state index contributed by atoms with van der Waals surface area (Å²) in [5, 5.41) is 15.0. The van der Waals surface area contributed by atoms with Crippen LogP contribution in [0.1, 0.15) is 40.5 Å². The molecular formula is C30H38N9O5+. The fraction of sp³-hybridized carbons (Fsp3) is 0.467. The van der Waals surface area contributed by atoms with Gasteiger partial charge in [-0.1, -0.05) is 6.92 Å². The highest BCUT2D eigenvalue weighted by Gasteiger charge is 2.30. The highest BCUT2D eigenvalue weighted by atomic mass is 16.6. The molecule has 4 heterocycles. The molecule has 2 atom stereocenters. The van der Waals surface area contributed by atoms with E-state index in [0.717, 1.165) is 6.42 Å². The van der Waals surface area contributed by atoms with Crippen LogP contribution in [-0.2, 0) is 9.53 Å². The Morgan fingerprint density at radius 1 is 1.23 bits per heavy atom. The maximum absolute atomic E-state index is 13.2. The Labute approximate surface area is 255 Å². The Morgan fingerprint density at radius 3 is 2.77 bits per heavy atom. The van der Waals surface area contributed by atoms with Gasteiger partial charge in [-0.15, -0.1) is 0 Å². The van der Waals surface area contributed by atoms with Gasteiger partial charge in [-0.3, -0.25) is 9.36 Å². The van der Waals surface area contributed by atoms with Gasteiger partial charge in [0.05, 0.1) is 25.9 Å². The van der Waals surface area contributed by atoms with Crippen molar-refractivity contribution in [3.63, 3.8) is 0 Å². The number of hydrogen-bond acceptors (Lipinski definition) is 9. The van der Waals surface area contributed by atoms with E-state index in [9.17, 15) is 14.4 Å². The van der Waals surface area contributed by atoms with E-state index in [1.165, 1.54) is 17.1 Å². The van der Waals surface area contributed by atoms with Crippen LogP contribution in [-0.4, -0.2) is 92.1 Å². The summed E-state index contributed by atoms with van der Waals surface area (Å²) < 4.78 is 14.1. The number of rotatable bonds is 8. The third kappa shape index (κ3) is 8.27. The van der Waals surface area contributed by atoms with E-state index in [-0.39, 0.29) is 37.3 Å². The fourth-order valence-corrected chi connectivity index (χ4v) is 4.81. The molecule has 3 aromatic heterocycles. The van der Waals surface area contributed by atoms with E-state index in [2.05, 4.69) is 32.5 Å². The van der Waals surface area contributed by atoms with Gasteiger partial charge in [0, 0.05) is 43.2 Å².